The van der Waals surface area contributed by atoms with E-state index in [0.29, 0.717) is 6.07 Å². The van der Waals surface area contributed by atoms with Crippen molar-refractivity contribution in [3.63, 3.8) is 0 Å². The third kappa shape index (κ3) is 4.28. The summed E-state index contributed by atoms with van der Waals surface area (Å²) in [6.07, 6.45) is 0. The zero-order valence-electron chi connectivity index (χ0n) is 12.8. The molecule has 0 aromatic heterocycles. The third-order valence-electron chi connectivity index (χ3n) is 3.09. The highest BCUT2D eigenvalue weighted by Crippen LogP contribution is 2.22. The van der Waals surface area contributed by atoms with Crippen molar-refractivity contribution in [1.82, 2.24) is 4.72 Å². The summed E-state index contributed by atoms with van der Waals surface area (Å²) in [4.78, 5) is 11.6. The minimum atomic E-state index is -4.08. The lowest BCUT2D eigenvalue weighted by molar-refractivity contribution is -0.115. The first-order valence-electron chi connectivity index (χ1n) is 6.82. The molecule has 0 aliphatic rings. The zero-order valence-corrected chi connectivity index (χ0v) is 13.7. The number of nitrogens with one attached hydrogen (secondary N) is 2. The van der Waals surface area contributed by atoms with Gasteiger partial charge in [-0.3, -0.25) is 4.79 Å². The molecule has 0 saturated heterocycles. The Morgan fingerprint density at radius 1 is 1.08 bits per heavy atom. The Balaban J connectivity index is 2.08. The molecule has 0 aliphatic carbocycles. The van der Waals surface area contributed by atoms with Crippen LogP contribution in [0.15, 0.2) is 41.3 Å². The van der Waals surface area contributed by atoms with E-state index in [0.717, 1.165) is 6.07 Å². The van der Waals surface area contributed by atoms with Gasteiger partial charge in [0.05, 0.1) is 19.3 Å². The minimum Gasteiger partial charge on any atom is -0.495 e. The normalized spacial score (nSPS) is 11.2. The van der Waals surface area contributed by atoms with E-state index in [1.54, 1.807) is 6.07 Å². The van der Waals surface area contributed by atoms with Crippen LogP contribution in [-0.2, 0) is 14.8 Å². The second-order valence-electron chi connectivity index (χ2n) is 4.75. The first-order chi connectivity index (χ1) is 11.8. The highest BCUT2D eigenvalue weighted by molar-refractivity contribution is 7.89. The molecule has 0 radical (unpaired) electrons. The zero-order chi connectivity index (χ0) is 18.6. The van der Waals surface area contributed by atoms with Crippen LogP contribution in [0, 0.1) is 17.5 Å². The average Bonchev–Trinajstić information content (AvgIpc) is 2.60. The Morgan fingerprint density at radius 2 is 1.76 bits per heavy atom. The summed E-state index contributed by atoms with van der Waals surface area (Å²) in [5, 5.41) is 1.95. The maximum atomic E-state index is 13.5. The van der Waals surface area contributed by atoms with Gasteiger partial charge in [-0.05, 0) is 24.3 Å². The Morgan fingerprint density at radius 3 is 2.44 bits per heavy atom. The highest BCUT2D eigenvalue weighted by atomic mass is 32.2. The van der Waals surface area contributed by atoms with Crippen LogP contribution in [0.1, 0.15) is 0 Å². The molecule has 2 aromatic rings. The van der Waals surface area contributed by atoms with Crippen LogP contribution in [0.25, 0.3) is 0 Å². The molecule has 6 nitrogen and oxygen atoms in total. The molecule has 0 heterocycles. The molecule has 0 saturated carbocycles. The minimum absolute atomic E-state index is 0.0714. The molecule has 2 rings (SSSR count). The Bertz CT molecular complexity index is 904. The van der Waals surface area contributed by atoms with Gasteiger partial charge in [0.15, 0.2) is 17.5 Å². The molecule has 0 aliphatic heterocycles. The van der Waals surface area contributed by atoms with Gasteiger partial charge in [-0.2, -0.15) is 0 Å². The lowest BCUT2D eigenvalue weighted by Gasteiger charge is -2.11. The van der Waals surface area contributed by atoms with Crippen molar-refractivity contribution >= 4 is 21.6 Å². The summed E-state index contributed by atoms with van der Waals surface area (Å²) in [5.41, 5.74) is -0.611. The van der Waals surface area contributed by atoms with E-state index in [2.05, 4.69) is 0 Å². The van der Waals surface area contributed by atoms with Crippen molar-refractivity contribution in [3.8, 4) is 5.75 Å². The quantitative estimate of drug-likeness (QED) is 0.758. The Hall–Kier alpha value is -2.59. The summed E-state index contributed by atoms with van der Waals surface area (Å²) in [7, 11) is -2.79. The van der Waals surface area contributed by atoms with Gasteiger partial charge >= 0.3 is 0 Å². The number of halogens is 3. The molecule has 2 N–H and O–H groups in total. The molecule has 0 spiro atoms. The number of hydrogen-bond donors (Lipinski definition) is 2. The van der Waals surface area contributed by atoms with Crippen LogP contribution in [-0.4, -0.2) is 28.0 Å². The van der Waals surface area contributed by atoms with Crippen LogP contribution in [0.4, 0.5) is 18.9 Å². The molecule has 25 heavy (non-hydrogen) atoms. The summed E-state index contributed by atoms with van der Waals surface area (Å²) >= 11 is 0. The fourth-order valence-corrected chi connectivity index (χ4v) is 3.05. The van der Waals surface area contributed by atoms with Crippen LogP contribution >= 0.6 is 0 Å². The number of anilines is 1. The van der Waals surface area contributed by atoms with E-state index in [1.165, 1.54) is 25.3 Å². The Labute approximate surface area is 141 Å². The van der Waals surface area contributed by atoms with Gasteiger partial charge in [0.1, 0.15) is 10.6 Å². The maximum absolute atomic E-state index is 13.5. The smallest absolute Gasteiger partial charge is 0.244 e. The molecule has 1 amide bonds. The predicted octanol–water partition coefficient (Wildman–Crippen LogP) is 2.03. The first kappa shape index (κ1) is 18.7. The third-order valence-corrected chi connectivity index (χ3v) is 4.53. The summed E-state index contributed by atoms with van der Waals surface area (Å²) in [6, 6.07) is 7.18. The second kappa shape index (κ2) is 7.53. The van der Waals surface area contributed by atoms with Gasteiger partial charge in [0, 0.05) is 0 Å². The van der Waals surface area contributed by atoms with E-state index in [-0.39, 0.29) is 10.6 Å². The van der Waals surface area contributed by atoms with Gasteiger partial charge in [-0.25, -0.2) is 26.3 Å². The molecule has 134 valence electrons. The van der Waals surface area contributed by atoms with E-state index in [9.17, 15) is 26.4 Å². The van der Waals surface area contributed by atoms with E-state index in [4.69, 9.17) is 4.74 Å². The van der Waals surface area contributed by atoms with Crippen molar-refractivity contribution in [2.24, 2.45) is 0 Å². The van der Waals surface area contributed by atoms with Crippen molar-refractivity contribution in [2.45, 2.75) is 4.90 Å². The molecule has 0 unspecified atom stereocenters. The molecule has 0 fully saturated rings. The fraction of sp³-hybridized carbons (Fsp3) is 0.133. The Kier molecular flexibility index (Phi) is 5.65. The molecular weight excluding hydrogens is 361 g/mol. The molecular formula is C15H13F3N2O4S. The number of methoxy groups -OCH3 is 1. The number of amides is 1. The number of rotatable bonds is 6. The van der Waals surface area contributed by atoms with Crippen LogP contribution < -0.4 is 14.8 Å². The van der Waals surface area contributed by atoms with Crippen molar-refractivity contribution in [1.29, 1.82) is 0 Å². The number of benzene rings is 2. The van der Waals surface area contributed by atoms with Gasteiger partial charge in [-0.15, -0.1) is 0 Å². The van der Waals surface area contributed by atoms with Crippen molar-refractivity contribution in [3.05, 3.63) is 53.8 Å². The van der Waals surface area contributed by atoms with E-state index < -0.39 is 45.6 Å². The number of ether oxygens (including phenoxy) is 1. The molecule has 10 heteroatoms. The maximum Gasteiger partial charge on any atom is 0.244 e. The first-order valence-corrected chi connectivity index (χ1v) is 8.30. The van der Waals surface area contributed by atoms with E-state index >= 15 is 0 Å². The van der Waals surface area contributed by atoms with Gasteiger partial charge in [-0.1, -0.05) is 12.1 Å². The highest BCUT2D eigenvalue weighted by Gasteiger charge is 2.21. The monoisotopic (exact) mass is 374 g/mol. The average molecular weight is 374 g/mol. The van der Waals surface area contributed by atoms with Gasteiger partial charge in [0.2, 0.25) is 15.9 Å². The number of carbonyl (C=O) groups is 1. The molecule has 0 atom stereocenters. The number of para-hydroxylation sites is 1. The number of carbonyl (C=O) groups excluding carboxylic acids is 1. The standard InChI is InChI=1S/C15H13F3N2O4S/c1-24-11-4-2-3-5-12(11)25(22,23)19-8-13(21)20-10-7-6-9(16)14(17)15(10)18/h2-7,19H,8H2,1H3,(H,20,21). The topological polar surface area (TPSA) is 84.5 Å². The largest absolute Gasteiger partial charge is 0.495 e. The van der Waals surface area contributed by atoms with Crippen LogP contribution in [0.2, 0.25) is 0 Å². The predicted molar refractivity (Wildman–Crippen MR) is 83.1 cm³/mol. The van der Waals surface area contributed by atoms with Crippen LogP contribution in [0.5, 0.6) is 5.75 Å². The van der Waals surface area contributed by atoms with Gasteiger partial charge in [0.25, 0.3) is 0 Å². The summed E-state index contributed by atoms with van der Waals surface area (Å²) < 4.78 is 70.7. The van der Waals surface area contributed by atoms with E-state index in [1.807, 2.05) is 10.0 Å². The van der Waals surface area contributed by atoms with Crippen molar-refractivity contribution < 1.29 is 31.1 Å². The lowest BCUT2D eigenvalue weighted by Crippen LogP contribution is -2.33. The fourth-order valence-electron chi connectivity index (χ4n) is 1.90. The lowest BCUT2D eigenvalue weighted by atomic mass is 10.3. The van der Waals surface area contributed by atoms with Crippen LogP contribution in [0.3, 0.4) is 0 Å². The second-order valence-corrected chi connectivity index (χ2v) is 6.48. The summed E-state index contributed by atoms with van der Waals surface area (Å²) in [6.45, 7) is -0.751. The SMILES string of the molecule is COc1ccccc1S(=O)(=O)NCC(=O)Nc1ccc(F)c(F)c1F. The van der Waals surface area contributed by atoms with Crippen molar-refractivity contribution in [2.75, 3.05) is 19.0 Å². The number of hydrogen-bond acceptors (Lipinski definition) is 4. The molecule has 0 bridgehead atoms. The number of sulfonamides is 1. The van der Waals surface area contributed by atoms with Gasteiger partial charge < -0.3 is 10.1 Å². The summed E-state index contributed by atoms with van der Waals surface area (Å²) in [5.74, 6) is -5.63. The molecule has 2 aromatic carbocycles.